The van der Waals surface area contributed by atoms with Crippen LogP contribution in [0.3, 0.4) is 0 Å². The van der Waals surface area contributed by atoms with Crippen molar-refractivity contribution in [3.05, 3.63) is 60.5 Å². The fraction of sp³-hybridized carbons (Fsp3) is 0.154. The molecule has 0 unspecified atom stereocenters. The molecule has 1 heterocycles. The summed E-state index contributed by atoms with van der Waals surface area (Å²) in [6.07, 6.45) is 14.2. The highest BCUT2D eigenvalue weighted by Gasteiger charge is 1.96. The summed E-state index contributed by atoms with van der Waals surface area (Å²) < 4.78 is 2.08. The Hall–Kier alpha value is -1.63. The van der Waals surface area contributed by atoms with Crippen molar-refractivity contribution in [1.82, 2.24) is 0 Å². The summed E-state index contributed by atoms with van der Waals surface area (Å²) in [5.41, 5.74) is 1.19. The fourth-order valence-corrected chi connectivity index (χ4v) is 1.10. The fourth-order valence-electron chi connectivity index (χ4n) is 1.10. The summed E-state index contributed by atoms with van der Waals surface area (Å²) >= 11 is 0. The van der Waals surface area contributed by atoms with E-state index in [1.165, 1.54) is 5.69 Å². The van der Waals surface area contributed by atoms with Crippen molar-refractivity contribution in [1.29, 1.82) is 0 Å². The highest BCUT2D eigenvalue weighted by Crippen LogP contribution is 1.94. The molecule has 0 spiro atoms. The maximum absolute atomic E-state index is 2.08. The van der Waals surface area contributed by atoms with Crippen LogP contribution in [0.4, 0.5) is 0 Å². The minimum Gasteiger partial charge on any atom is -0.202 e. The Morgan fingerprint density at radius 3 is 2.57 bits per heavy atom. The molecule has 0 atom stereocenters. The number of allylic oxidation sites excluding steroid dienone is 5. The zero-order valence-corrected chi connectivity index (χ0v) is 8.72. The molecule has 0 N–H and O–H groups in total. The average Bonchev–Trinajstić information content (AvgIpc) is 2.20. The number of pyridine rings is 1. The number of nitrogens with zero attached hydrogens (tertiary/aromatic N) is 1. The number of aryl methyl sites for hydroxylation is 1. The van der Waals surface area contributed by atoms with Crippen LogP contribution in [0.25, 0.3) is 6.08 Å². The lowest BCUT2D eigenvalue weighted by molar-refractivity contribution is -0.673. The molecule has 1 nitrogen and oxygen atoms in total. The van der Waals surface area contributed by atoms with E-state index in [0.29, 0.717) is 0 Å². The standard InChI is InChI=1S/C13H16N/c1-3-4-5-6-7-10-13-11-8-9-12-14(13)2/h3-12H,1-2H3/q+1. The van der Waals surface area contributed by atoms with Crippen LogP contribution in [-0.2, 0) is 7.05 Å². The predicted molar refractivity (Wildman–Crippen MR) is 60.6 cm³/mol. The van der Waals surface area contributed by atoms with Crippen LogP contribution in [-0.4, -0.2) is 0 Å². The first kappa shape index (κ1) is 10.5. The van der Waals surface area contributed by atoms with E-state index in [9.17, 15) is 0 Å². The van der Waals surface area contributed by atoms with Crippen LogP contribution < -0.4 is 4.57 Å². The van der Waals surface area contributed by atoms with E-state index in [-0.39, 0.29) is 0 Å². The molecular weight excluding hydrogens is 170 g/mol. The van der Waals surface area contributed by atoms with E-state index < -0.39 is 0 Å². The zero-order valence-electron chi connectivity index (χ0n) is 8.72. The Morgan fingerprint density at radius 2 is 1.86 bits per heavy atom. The third-order valence-corrected chi connectivity index (χ3v) is 1.89. The van der Waals surface area contributed by atoms with Gasteiger partial charge in [0.15, 0.2) is 6.20 Å². The SMILES string of the molecule is CC=CC=CC=Cc1cccc[n+]1C. The van der Waals surface area contributed by atoms with Gasteiger partial charge in [-0.05, 0) is 13.0 Å². The average molecular weight is 186 g/mol. The van der Waals surface area contributed by atoms with Gasteiger partial charge in [-0.1, -0.05) is 30.4 Å². The molecule has 0 saturated carbocycles. The molecule has 1 rings (SSSR count). The Balaban J connectivity index is 2.65. The van der Waals surface area contributed by atoms with Gasteiger partial charge >= 0.3 is 0 Å². The topological polar surface area (TPSA) is 3.88 Å². The molecule has 0 aliphatic rings. The molecule has 0 fully saturated rings. The molecular formula is C13H16N+. The van der Waals surface area contributed by atoms with Gasteiger partial charge in [0.05, 0.1) is 0 Å². The van der Waals surface area contributed by atoms with Crippen molar-refractivity contribution >= 4 is 6.08 Å². The van der Waals surface area contributed by atoms with Crippen LogP contribution >= 0.6 is 0 Å². The Labute approximate surface area is 85.7 Å². The van der Waals surface area contributed by atoms with Gasteiger partial charge in [-0.3, -0.25) is 0 Å². The molecule has 0 aromatic carbocycles. The van der Waals surface area contributed by atoms with Gasteiger partial charge in [0.2, 0.25) is 5.69 Å². The van der Waals surface area contributed by atoms with Crippen LogP contribution in [0.1, 0.15) is 12.6 Å². The second kappa shape index (κ2) is 5.92. The lowest BCUT2D eigenvalue weighted by Crippen LogP contribution is -2.30. The minimum atomic E-state index is 1.19. The normalized spacial score (nSPS) is 12.1. The molecule has 0 radical (unpaired) electrons. The second-order valence-electron chi connectivity index (χ2n) is 3.01. The summed E-state index contributed by atoms with van der Waals surface area (Å²) in [6, 6.07) is 6.14. The second-order valence-corrected chi connectivity index (χ2v) is 3.01. The van der Waals surface area contributed by atoms with Gasteiger partial charge in [0.25, 0.3) is 0 Å². The molecule has 1 aromatic rings. The molecule has 14 heavy (non-hydrogen) atoms. The highest BCUT2D eigenvalue weighted by atomic mass is 14.9. The van der Waals surface area contributed by atoms with Gasteiger partial charge in [0, 0.05) is 18.2 Å². The minimum absolute atomic E-state index is 1.19. The third-order valence-electron chi connectivity index (χ3n) is 1.89. The first-order valence-electron chi connectivity index (χ1n) is 4.75. The van der Waals surface area contributed by atoms with E-state index >= 15 is 0 Å². The summed E-state index contributed by atoms with van der Waals surface area (Å²) in [6.45, 7) is 2.01. The van der Waals surface area contributed by atoms with Gasteiger partial charge in [0.1, 0.15) is 7.05 Å². The van der Waals surface area contributed by atoms with Crippen molar-refractivity contribution in [2.45, 2.75) is 6.92 Å². The van der Waals surface area contributed by atoms with E-state index in [0.717, 1.165) is 0 Å². The van der Waals surface area contributed by atoms with Crippen molar-refractivity contribution < 1.29 is 4.57 Å². The molecule has 0 aliphatic carbocycles. The molecule has 1 aromatic heterocycles. The van der Waals surface area contributed by atoms with Gasteiger partial charge in [-0.2, -0.15) is 0 Å². The molecule has 0 amide bonds. The van der Waals surface area contributed by atoms with Gasteiger partial charge in [-0.25, -0.2) is 4.57 Å². The summed E-state index contributed by atoms with van der Waals surface area (Å²) in [5, 5.41) is 0. The van der Waals surface area contributed by atoms with E-state index in [1.54, 1.807) is 0 Å². The van der Waals surface area contributed by atoms with Crippen LogP contribution in [0.2, 0.25) is 0 Å². The maximum atomic E-state index is 2.08. The van der Waals surface area contributed by atoms with E-state index in [2.05, 4.69) is 16.7 Å². The Bertz CT molecular complexity index is 359. The molecule has 1 heteroatoms. The maximum Gasteiger partial charge on any atom is 0.204 e. The number of rotatable bonds is 3. The Kier molecular flexibility index (Phi) is 4.42. The summed E-state index contributed by atoms with van der Waals surface area (Å²) in [7, 11) is 2.04. The van der Waals surface area contributed by atoms with Gasteiger partial charge < -0.3 is 0 Å². The number of aromatic nitrogens is 1. The molecule has 0 bridgehead atoms. The lowest BCUT2D eigenvalue weighted by Gasteiger charge is -1.90. The summed E-state index contributed by atoms with van der Waals surface area (Å²) in [4.78, 5) is 0. The van der Waals surface area contributed by atoms with Gasteiger partial charge in [-0.15, -0.1) is 0 Å². The molecule has 72 valence electrons. The zero-order chi connectivity index (χ0) is 10.2. The largest absolute Gasteiger partial charge is 0.204 e. The van der Waals surface area contributed by atoms with Crippen molar-refractivity contribution in [2.75, 3.05) is 0 Å². The lowest BCUT2D eigenvalue weighted by atomic mass is 10.3. The van der Waals surface area contributed by atoms with Crippen molar-refractivity contribution in [3.63, 3.8) is 0 Å². The van der Waals surface area contributed by atoms with E-state index in [4.69, 9.17) is 0 Å². The highest BCUT2D eigenvalue weighted by molar-refractivity contribution is 5.43. The predicted octanol–water partition coefficient (Wildman–Crippen LogP) is 2.66. The summed E-state index contributed by atoms with van der Waals surface area (Å²) in [5.74, 6) is 0. The number of hydrogen-bond donors (Lipinski definition) is 0. The number of hydrogen-bond acceptors (Lipinski definition) is 0. The quantitative estimate of drug-likeness (QED) is 0.504. The third kappa shape index (κ3) is 3.40. The van der Waals surface area contributed by atoms with E-state index in [1.807, 2.05) is 62.7 Å². The van der Waals surface area contributed by atoms with Crippen molar-refractivity contribution in [2.24, 2.45) is 7.05 Å². The Morgan fingerprint density at radius 1 is 1.07 bits per heavy atom. The molecule has 0 saturated heterocycles. The first-order valence-corrected chi connectivity index (χ1v) is 4.75. The monoisotopic (exact) mass is 186 g/mol. The smallest absolute Gasteiger partial charge is 0.202 e. The molecule has 0 aliphatic heterocycles. The first-order chi connectivity index (χ1) is 6.84. The van der Waals surface area contributed by atoms with Crippen LogP contribution in [0.5, 0.6) is 0 Å². The van der Waals surface area contributed by atoms with Crippen LogP contribution in [0.15, 0.2) is 54.8 Å². The van der Waals surface area contributed by atoms with Crippen LogP contribution in [0, 0.1) is 0 Å². The van der Waals surface area contributed by atoms with Crippen molar-refractivity contribution in [3.8, 4) is 0 Å².